The lowest BCUT2D eigenvalue weighted by molar-refractivity contribution is 0.443. The van der Waals surface area contributed by atoms with Crippen LogP contribution >= 0.6 is 0 Å². The van der Waals surface area contributed by atoms with Gasteiger partial charge in [0.05, 0.1) is 11.4 Å². The van der Waals surface area contributed by atoms with Gasteiger partial charge in [-0.05, 0) is 43.9 Å². The van der Waals surface area contributed by atoms with Gasteiger partial charge in [0.2, 0.25) is 5.95 Å². The smallest absolute Gasteiger partial charge is 0.223 e. The molecule has 2 aliphatic rings. The van der Waals surface area contributed by atoms with E-state index in [1.165, 1.54) is 6.42 Å². The van der Waals surface area contributed by atoms with Crippen molar-refractivity contribution in [3.8, 4) is 6.07 Å². The Labute approximate surface area is 124 Å². The average Bonchev–Trinajstić information content (AvgIpc) is 2.48. The van der Waals surface area contributed by atoms with Crippen molar-refractivity contribution < 1.29 is 0 Å². The van der Waals surface area contributed by atoms with E-state index in [2.05, 4.69) is 26.7 Å². The highest BCUT2D eigenvalue weighted by Crippen LogP contribution is 2.24. The number of nitrogens with zero attached hydrogens (tertiary/aromatic N) is 3. The number of hydrogen-bond donors (Lipinski definition) is 2. The number of allylic oxidation sites excluding steroid dienone is 4. The van der Waals surface area contributed by atoms with E-state index in [-0.39, 0.29) is 0 Å². The monoisotopic (exact) mass is 279 g/mol. The maximum Gasteiger partial charge on any atom is 0.223 e. The molecule has 0 spiro atoms. The molecule has 0 amide bonds. The molecule has 1 aromatic heterocycles. The zero-order chi connectivity index (χ0) is 14.7. The summed E-state index contributed by atoms with van der Waals surface area (Å²) in [6.07, 6.45) is 12.8. The minimum atomic E-state index is 0.467. The van der Waals surface area contributed by atoms with Crippen molar-refractivity contribution in [1.29, 1.82) is 5.26 Å². The minimum absolute atomic E-state index is 0.467. The second-order valence-electron chi connectivity index (χ2n) is 5.26. The average molecular weight is 279 g/mol. The van der Waals surface area contributed by atoms with Crippen molar-refractivity contribution in [2.24, 2.45) is 0 Å². The van der Waals surface area contributed by atoms with E-state index < -0.39 is 0 Å². The minimum Gasteiger partial charge on any atom is -0.361 e. The number of aromatic nitrogens is 2. The Morgan fingerprint density at radius 3 is 2.90 bits per heavy atom. The van der Waals surface area contributed by atoms with E-state index in [1.54, 1.807) is 12.4 Å². The number of nitrogens with one attached hydrogen (secondary N) is 2. The van der Waals surface area contributed by atoms with Crippen LogP contribution < -0.4 is 10.6 Å². The highest BCUT2D eigenvalue weighted by molar-refractivity contribution is 5.80. The second-order valence-corrected chi connectivity index (χ2v) is 5.26. The van der Waals surface area contributed by atoms with Crippen molar-refractivity contribution in [2.45, 2.75) is 32.2 Å². The summed E-state index contributed by atoms with van der Waals surface area (Å²) in [4.78, 5) is 8.86. The van der Waals surface area contributed by atoms with Gasteiger partial charge in [-0.1, -0.05) is 6.08 Å². The van der Waals surface area contributed by atoms with Crippen molar-refractivity contribution in [3.63, 3.8) is 0 Å². The van der Waals surface area contributed by atoms with Crippen LogP contribution in [0.4, 0.5) is 5.95 Å². The number of rotatable bonds is 3. The standard InChI is InChI=1S/C16H17N5/c1-11-10-19-16(20-12-5-4-6-12)21-15(11)13(9-17)14-7-2-3-8-18-14/h2-3,7-8,10,12,18H,4-6H2,1H3,(H,19,20,21)/b14-13+. The van der Waals surface area contributed by atoms with Crippen LogP contribution in [-0.4, -0.2) is 16.0 Å². The first-order valence-electron chi connectivity index (χ1n) is 7.12. The maximum absolute atomic E-state index is 9.50. The molecule has 3 rings (SSSR count). The summed E-state index contributed by atoms with van der Waals surface area (Å²) in [5.41, 5.74) is 2.86. The molecule has 1 saturated carbocycles. The zero-order valence-corrected chi connectivity index (χ0v) is 11.9. The Kier molecular flexibility index (Phi) is 3.69. The van der Waals surface area contributed by atoms with Gasteiger partial charge in [0, 0.05) is 18.4 Å². The number of nitriles is 1. The number of aryl methyl sites for hydroxylation is 1. The Morgan fingerprint density at radius 2 is 2.29 bits per heavy atom. The molecule has 1 aliphatic heterocycles. The third-order valence-electron chi connectivity index (χ3n) is 3.74. The van der Waals surface area contributed by atoms with Gasteiger partial charge in [-0.15, -0.1) is 0 Å². The summed E-state index contributed by atoms with van der Waals surface area (Å²) in [7, 11) is 0. The lowest BCUT2D eigenvalue weighted by Crippen LogP contribution is -2.28. The summed E-state index contributed by atoms with van der Waals surface area (Å²) in [6, 6.07) is 2.72. The van der Waals surface area contributed by atoms with Gasteiger partial charge in [0.15, 0.2) is 0 Å². The maximum atomic E-state index is 9.50. The molecule has 5 heteroatoms. The fourth-order valence-corrected chi connectivity index (χ4v) is 2.29. The van der Waals surface area contributed by atoms with Crippen LogP contribution in [0.5, 0.6) is 0 Å². The van der Waals surface area contributed by atoms with Crippen molar-refractivity contribution >= 4 is 11.5 Å². The first kappa shape index (κ1) is 13.4. The van der Waals surface area contributed by atoms with Gasteiger partial charge < -0.3 is 10.6 Å². The van der Waals surface area contributed by atoms with Crippen LogP contribution in [0.25, 0.3) is 5.57 Å². The van der Waals surface area contributed by atoms with Gasteiger partial charge >= 0.3 is 0 Å². The largest absolute Gasteiger partial charge is 0.361 e. The molecule has 106 valence electrons. The number of hydrogen-bond acceptors (Lipinski definition) is 5. The lowest BCUT2D eigenvalue weighted by atomic mass is 9.93. The molecule has 1 aliphatic carbocycles. The van der Waals surface area contributed by atoms with Gasteiger partial charge in [0.1, 0.15) is 11.6 Å². The van der Waals surface area contributed by atoms with Crippen molar-refractivity contribution in [2.75, 3.05) is 5.32 Å². The van der Waals surface area contributed by atoms with Gasteiger partial charge in [-0.25, -0.2) is 9.97 Å². The second kappa shape index (κ2) is 5.80. The number of dihydropyridines is 1. The molecule has 0 saturated heterocycles. The molecule has 1 aromatic rings. The molecular weight excluding hydrogens is 262 g/mol. The van der Waals surface area contributed by atoms with Gasteiger partial charge in [-0.2, -0.15) is 5.26 Å². The van der Waals surface area contributed by atoms with Gasteiger partial charge in [-0.3, -0.25) is 0 Å². The van der Waals surface area contributed by atoms with Crippen LogP contribution in [0.2, 0.25) is 0 Å². The van der Waals surface area contributed by atoms with Crippen LogP contribution in [0.1, 0.15) is 30.5 Å². The van der Waals surface area contributed by atoms with Crippen LogP contribution in [0.3, 0.4) is 0 Å². The third kappa shape index (κ3) is 2.79. The molecule has 0 atom stereocenters. The molecule has 21 heavy (non-hydrogen) atoms. The highest BCUT2D eigenvalue weighted by Gasteiger charge is 2.19. The molecular formula is C16H17N5. The Hall–Kier alpha value is -2.61. The van der Waals surface area contributed by atoms with E-state index in [0.29, 0.717) is 23.3 Å². The predicted molar refractivity (Wildman–Crippen MR) is 82.0 cm³/mol. The zero-order valence-electron chi connectivity index (χ0n) is 11.9. The summed E-state index contributed by atoms with van der Waals surface area (Å²) >= 11 is 0. The van der Waals surface area contributed by atoms with E-state index in [1.807, 2.05) is 25.2 Å². The summed E-state index contributed by atoms with van der Waals surface area (Å²) in [6.45, 7) is 1.92. The fourth-order valence-electron chi connectivity index (χ4n) is 2.29. The first-order chi connectivity index (χ1) is 10.3. The topological polar surface area (TPSA) is 73.6 Å². The Balaban J connectivity index is 1.95. The molecule has 0 unspecified atom stereocenters. The van der Waals surface area contributed by atoms with E-state index in [9.17, 15) is 5.26 Å². The molecule has 0 bridgehead atoms. The van der Waals surface area contributed by atoms with Gasteiger partial charge in [0.25, 0.3) is 0 Å². The molecule has 0 aromatic carbocycles. The third-order valence-corrected chi connectivity index (χ3v) is 3.74. The summed E-state index contributed by atoms with van der Waals surface area (Å²) < 4.78 is 0. The van der Waals surface area contributed by atoms with E-state index in [4.69, 9.17) is 0 Å². The summed E-state index contributed by atoms with van der Waals surface area (Å²) in [5.74, 6) is 0.601. The predicted octanol–water partition coefficient (Wildman–Crippen LogP) is 2.66. The molecule has 2 N–H and O–H groups in total. The van der Waals surface area contributed by atoms with E-state index in [0.717, 1.165) is 24.1 Å². The molecule has 1 fully saturated rings. The van der Waals surface area contributed by atoms with Crippen LogP contribution in [0.15, 0.2) is 36.3 Å². The van der Waals surface area contributed by atoms with Crippen LogP contribution in [-0.2, 0) is 0 Å². The normalized spacial score (nSPS) is 19.4. The SMILES string of the molecule is Cc1cnc(NC2CCC2)nc1/C(C#N)=C1\C=CC=CN1. The summed E-state index contributed by atoms with van der Waals surface area (Å²) in [5, 5.41) is 15.9. The van der Waals surface area contributed by atoms with E-state index >= 15 is 0 Å². The number of anilines is 1. The fraction of sp³-hybridized carbons (Fsp3) is 0.312. The van der Waals surface area contributed by atoms with Crippen molar-refractivity contribution in [3.05, 3.63) is 47.6 Å². The molecule has 0 radical (unpaired) electrons. The van der Waals surface area contributed by atoms with Crippen molar-refractivity contribution in [1.82, 2.24) is 15.3 Å². The quantitative estimate of drug-likeness (QED) is 0.832. The highest BCUT2D eigenvalue weighted by atomic mass is 15.1. The molecule has 5 nitrogen and oxygen atoms in total. The lowest BCUT2D eigenvalue weighted by Gasteiger charge is -2.26. The Morgan fingerprint density at radius 1 is 1.43 bits per heavy atom. The van der Waals surface area contributed by atoms with Crippen LogP contribution in [0, 0.1) is 18.3 Å². The first-order valence-corrected chi connectivity index (χ1v) is 7.12. The Bertz CT molecular complexity index is 674. The molecule has 2 heterocycles.